The number of hydrogen-bond acceptors (Lipinski definition) is 2. The molecule has 0 fully saturated rings. The number of nitrogens with two attached hydrogens (primary N) is 1. The molecule has 0 amide bonds. The first-order valence-electron chi connectivity index (χ1n) is 6.52. The molecule has 2 unspecified atom stereocenters. The Labute approximate surface area is 122 Å². The first-order valence-corrected chi connectivity index (χ1v) is 6.90. The largest absolute Gasteiger partial charge is 0.485 e. The molecule has 1 heterocycles. The molecule has 2 nitrogen and oxygen atoms in total. The molecule has 20 heavy (non-hydrogen) atoms. The van der Waals surface area contributed by atoms with E-state index in [0.29, 0.717) is 17.0 Å². The summed E-state index contributed by atoms with van der Waals surface area (Å²) in [7, 11) is 0. The summed E-state index contributed by atoms with van der Waals surface area (Å²) in [6.07, 6.45) is 0.173. The van der Waals surface area contributed by atoms with Gasteiger partial charge < -0.3 is 10.5 Å². The van der Waals surface area contributed by atoms with Crippen LogP contribution in [0.3, 0.4) is 0 Å². The van der Waals surface area contributed by atoms with Crippen LogP contribution < -0.4 is 10.5 Å². The zero-order valence-electron chi connectivity index (χ0n) is 11.1. The first-order chi connectivity index (χ1) is 9.54. The molecule has 3 rings (SSSR count). The lowest BCUT2D eigenvalue weighted by atomic mass is 9.92. The van der Waals surface area contributed by atoms with E-state index in [1.807, 2.05) is 25.1 Å². The highest BCUT2D eigenvalue weighted by Crippen LogP contribution is 2.40. The molecule has 0 aliphatic carbocycles. The van der Waals surface area contributed by atoms with E-state index in [1.165, 1.54) is 6.07 Å². The summed E-state index contributed by atoms with van der Waals surface area (Å²) in [6, 6.07) is 10.4. The second-order valence-electron chi connectivity index (χ2n) is 5.16. The Balaban J connectivity index is 1.97. The van der Waals surface area contributed by atoms with Crippen molar-refractivity contribution in [3.05, 3.63) is 63.9 Å². The Morgan fingerprint density at radius 3 is 2.75 bits per heavy atom. The van der Waals surface area contributed by atoms with E-state index in [-0.39, 0.29) is 18.0 Å². The van der Waals surface area contributed by atoms with Crippen molar-refractivity contribution in [1.29, 1.82) is 0 Å². The Bertz CT molecular complexity index is 659. The second-order valence-corrected chi connectivity index (χ2v) is 5.59. The summed E-state index contributed by atoms with van der Waals surface area (Å²) in [4.78, 5) is 0. The lowest BCUT2D eigenvalue weighted by molar-refractivity contribution is 0.157. The summed E-state index contributed by atoms with van der Waals surface area (Å²) >= 11 is 5.78. The summed E-state index contributed by atoms with van der Waals surface area (Å²) in [6.45, 7) is 2.01. The summed E-state index contributed by atoms with van der Waals surface area (Å²) in [5, 5.41) is 0.377. The minimum absolute atomic E-state index is 0.154. The molecular weight excluding hydrogens is 277 g/mol. The van der Waals surface area contributed by atoms with Crippen molar-refractivity contribution in [3.63, 3.8) is 0 Å². The van der Waals surface area contributed by atoms with Gasteiger partial charge >= 0.3 is 0 Å². The molecule has 0 saturated carbocycles. The fourth-order valence-electron chi connectivity index (χ4n) is 2.58. The highest BCUT2D eigenvalue weighted by atomic mass is 35.5. The maximum atomic E-state index is 14.0. The predicted molar refractivity (Wildman–Crippen MR) is 77.5 cm³/mol. The van der Waals surface area contributed by atoms with Crippen molar-refractivity contribution < 1.29 is 9.13 Å². The third-order valence-corrected chi connectivity index (χ3v) is 3.85. The van der Waals surface area contributed by atoms with Crippen molar-refractivity contribution in [3.8, 4) is 5.75 Å². The van der Waals surface area contributed by atoms with E-state index in [1.54, 1.807) is 12.1 Å². The molecule has 104 valence electrons. The molecule has 0 saturated heterocycles. The van der Waals surface area contributed by atoms with Crippen molar-refractivity contribution >= 4 is 11.6 Å². The Morgan fingerprint density at radius 2 is 2.00 bits per heavy atom. The first kappa shape index (κ1) is 13.4. The van der Waals surface area contributed by atoms with Crippen LogP contribution in [-0.4, -0.2) is 0 Å². The van der Waals surface area contributed by atoms with Gasteiger partial charge in [-0.2, -0.15) is 0 Å². The molecule has 4 heteroatoms. The Hall–Kier alpha value is -1.58. The third-order valence-electron chi connectivity index (χ3n) is 3.61. The van der Waals surface area contributed by atoms with Crippen LogP contribution in [0.2, 0.25) is 5.02 Å². The lowest BCUT2D eigenvalue weighted by Gasteiger charge is -2.31. The Kier molecular flexibility index (Phi) is 3.40. The fraction of sp³-hybridized carbons (Fsp3) is 0.250. The minimum atomic E-state index is -0.377. The van der Waals surface area contributed by atoms with E-state index in [9.17, 15) is 4.39 Å². The summed E-state index contributed by atoms with van der Waals surface area (Å²) < 4.78 is 19.9. The number of hydrogen-bond donors (Lipinski definition) is 1. The van der Waals surface area contributed by atoms with E-state index < -0.39 is 0 Å². The molecular formula is C16H15ClFNO. The van der Waals surface area contributed by atoms with Crippen molar-refractivity contribution in [1.82, 2.24) is 0 Å². The van der Waals surface area contributed by atoms with Crippen LogP contribution >= 0.6 is 11.6 Å². The van der Waals surface area contributed by atoms with Crippen LogP contribution in [0.4, 0.5) is 4.39 Å². The van der Waals surface area contributed by atoms with Gasteiger partial charge in [0.15, 0.2) is 0 Å². The highest BCUT2D eigenvalue weighted by molar-refractivity contribution is 6.30. The molecule has 1 aliphatic heterocycles. The smallest absolute Gasteiger partial charge is 0.131 e. The second kappa shape index (κ2) is 5.08. The van der Waals surface area contributed by atoms with E-state index >= 15 is 0 Å². The zero-order chi connectivity index (χ0) is 14.3. The highest BCUT2D eigenvalue weighted by Gasteiger charge is 2.28. The Morgan fingerprint density at radius 1 is 1.20 bits per heavy atom. The average molecular weight is 292 g/mol. The monoisotopic (exact) mass is 291 g/mol. The minimum Gasteiger partial charge on any atom is -0.485 e. The number of halogens is 2. The van der Waals surface area contributed by atoms with Crippen LogP contribution in [0, 0.1) is 12.7 Å². The third kappa shape index (κ3) is 2.39. The van der Waals surface area contributed by atoms with Crippen LogP contribution in [0.5, 0.6) is 5.75 Å². The van der Waals surface area contributed by atoms with Gasteiger partial charge in [-0.15, -0.1) is 0 Å². The average Bonchev–Trinajstić information content (AvgIpc) is 2.39. The molecule has 0 bridgehead atoms. The van der Waals surface area contributed by atoms with Crippen LogP contribution in [-0.2, 0) is 0 Å². The summed E-state index contributed by atoms with van der Waals surface area (Å²) in [5.41, 5.74) is 8.81. The van der Waals surface area contributed by atoms with Crippen LogP contribution in [0.1, 0.15) is 35.3 Å². The van der Waals surface area contributed by atoms with Gasteiger partial charge in [0.1, 0.15) is 17.7 Å². The zero-order valence-corrected chi connectivity index (χ0v) is 11.8. The maximum absolute atomic E-state index is 14.0. The van der Waals surface area contributed by atoms with E-state index in [4.69, 9.17) is 22.1 Å². The molecule has 0 spiro atoms. The summed E-state index contributed by atoms with van der Waals surface area (Å²) in [5.74, 6) is 0.374. The number of ether oxygens (including phenoxy) is 1. The van der Waals surface area contributed by atoms with Gasteiger partial charge in [-0.25, -0.2) is 4.39 Å². The number of benzene rings is 2. The number of aryl methyl sites for hydroxylation is 1. The molecule has 2 aromatic rings. The molecule has 2 atom stereocenters. The maximum Gasteiger partial charge on any atom is 0.131 e. The van der Waals surface area contributed by atoms with Gasteiger partial charge in [0.2, 0.25) is 0 Å². The van der Waals surface area contributed by atoms with Crippen molar-refractivity contribution in [2.24, 2.45) is 5.73 Å². The van der Waals surface area contributed by atoms with Crippen molar-refractivity contribution in [2.45, 2.75) is 25.5 Å². The van der Waals surface area contributed by atoms with Crippen molar-refractivity contribution in [2.75, 3.05) is 0 Å². The van der Waals surface area contributed by atoms with Gasteiger partial charge in [-0.3, -0.25) is 0 Å². The standard InChI is InChI=1S/C16H15ClFNO/c1-9-2-5-15-12(6-9)14(19)8-16(20-15)11-4-3-10(17)7-13(11)18/h2-7,14,16H,8,19H2,1H3. The van der Waals surface area contributed by atoms with E-state index in [0.717, 1.165) is 16.9 Å². The molecule has 0 aromatic heterocycles. The van der Waals surface area contributed by atoms with Gasteiger partial charge in [-0.1, -0.05) is 35.4 Å². The van der Waals surface area contributed by atoms with E-state index in [2.05, 4.69) is 0 Å². The number of rotatable bonds is 1. The fourth-order valence-corrected chi connectivity index (χ4v) is 2.74. The van der Waals surface area contributed by atoms with Crippen LogP contribution in [0.25, 0.3) is 0 Å². The molecule has 1 aliphatic rings. The lowest BCUT2D eigenvalue weighted by Crippen LogP contribution is -2.24. The van der Waals surface area contributed by atoms with Crippen LogP contribution in [0.15, 0.2) is 36.4 Å². The van der Waals surface area contributed by atoms with Gasteiger partial charge in [-0.05, 0) is 25.1 Å². The predicted octanol–water partition coefficient (Wildman–Crippen LogP) is 4.31. The SMILES string of the molecule is Cc1ccc2c(c1)C(N)CC(c1ccc(Cl)cc1F)O2. The van der Waals surface area contributed by atoms with Gasteiger partial charge in [0, 0.05) is 28.6 Å². The number of fused-ring (bicyclic) bond motifs is 1. The normalized spacial score (nSPS) is 21.2. The molecule has 0 radical (unpaired) electrons. The molecule has 2 aromatic carbocycles. The van der Waals surface area contributed by atoms with Gasteiger partial charge in [0.25, 0.3) is 0 Å². The quantitative estimate of drug-likeness (QED) is 0.849. The van der Waals surface area contributed by atoms with Gasteiger partial charge in [0.05, 0.1) is 0 Å². The molecule has 2 N–H and O–H groups in total. The topological polar surface area (TPSA) is 35.2 Å².